The topological polar surface area (TPSA) is 42.2 Å². The molecule has 1 amide bonds. The molecular weight excluding hydrogens is 222 g/mol. The normalized spacial score (nSPS) is 10.8. The summed E-state index contributed by atoms with van der Waals surface area (Å²) in [5, 5.41) is 6.78. The summed E-state index contributed by atoms with van der Waals surface area (Å²) in [6, 6.07) is 5.56. The Bertz CT molecular complexity index is 457. The highest BCUT2D eigenvalue weighted by atomic mass is 32.1. The van der Waals surface area contributed by atoms with Crippen LogP contribution in [0, 0.1) is 0 Å². The summed E-state index contributed by atoms with van der Waals surface area (Å²) < 4.78 is 5.07. The highest BCUT2D eigenvalue weighted by Gasteiger charge is 1.97. The van der Waals surface area contributed by atoms with Crippen LogP contribution in [-0.4, -0.2) is 5.91 Å². The van der Waals surface area contributed by atoms with Crippen LogP contribution in [0.2, 0.25) is 0 Å². The average molecular weight is 233 g/mol. The molecule has 2 heterocycles. The largest absolute Gasteiger partial charge is 0.465 e. The molecule has 0 fully saturated rings. The number of thiophene rings is 1. The summed E-state index contributed by atoms with van der Waals surface area (Å²) in [6.45, 7) is 0.560. The second-order valence-electron chi connectivity index (χ2n) is 3.20. The molecule has 0 bridgehead atoms. The van der Waals surface area contributed by atoms with Gasteiger partial charge in [0.05, 0.1) is 6.26 Å². The van der Waals surface area contributed by atoms with Gasteiger partial charge in [0, 0.05) is 12.6 Å². The fourth-order valence-corrected chi connectivity index (χ4v) is 1.85. The first-order valence-corrected chi connectivity index (χ1v) is 5.79. The number of nitrogens with one attached hydrogen (secondary N) is 1. The molecule has 0 unspecified atom stereocenters. The number of hydrogen-bond acceptors (Lipinski definition) is 3. The summed E-state index contributed by atoms with van der Waals surface area (Å²) in [5.41, 5.74) is 1.12. The van der Waals surface area contributed by atoms with Crippen molar-refractivity contribution in [3.63, 3.8) is 0 Å². The molecule has 0 aliphatic heterocycles. The first kappa shape index (κ1) is 10.7. The van der Waals surface area contributed by atoms with E-state index in [9.17, 15) is 4.79 Å². The fraction of sp³-hybridized carbons (Fsp3) is 0.0833. The highest BCUT2D eigenvalue weighted by Crippen LogP contribution is 2.05. The molecule has 0 saturated heterocycles. The van der Waals surface area contributed by atoms with Crippen LogP contribution in [0.1, 0.15) is 11.3 Å². The molecule has 4 heteroatoms. The lowest BCUT2D eigenvalue weighted by atomic mass is 10.3. The summed E-state index contributed by atoms with van der Waals surface area (Å²) >= 11 is 1.62. The summed E-state index contributed by atoms with van der Waals surface area (Å²) in [4.78, 5) is 11.4. The van der Waals surface area contributed by atoms with E-state index in [1.54, 1.807) is 35.8 Å². The van der Waals surface area contributed by atoms with Gasteiger partial charge in [-0.25, -0.2) is 0 Å². The van der Waals surface area contributed by atoms with Crippen molar-refractivity contribution in [2.75, 3.05) is 0 Å². The van der Waals surface area contributed by atoms with Crippen molar-refractivity contribution >= 4 is 23.3 Å². The minimum atomic E-state index is -0.123. The van der Waals surface area contributed by atoms with Crippen LogP contribution in [0.25, 0.3) is 6.08 Å². The lowest BCUT2D eigenvalue weighted by molar-refractivity contribution is -0.116. The second-order valence-corrected chi connectivity index (χ2v) is 3.98. The van der Waals surface area contributed by atoms with Gasteiger partial charge in [-0.1, -0.05) is 0 Å². The molecule has 82 valence electrons. The van der Waals surface area contributed by atoms with Gasteiger partial charge in [-0.05, 0) is 40.6 Å². The van der Waals surface area contributed by atoms with Crippen LogP contribution in [0.3, 0.4) is 0 Å². The maximum absolute atomic E-state index is 11.4. The Balaban J connectivity index is 1.81. The van der Waals surface area contributed by atoms with E-state index in [1.165, 1.54) is 6.08 Å². The van der Waals surface area contributed by atoms with Crippen molar-refractivity contribution in [3.8, 4) is 0 Å². The Labute approximate surface area is 97.4 Å². The van der Waals surface area contributed by atoms with Crippen LogP contribution in [-0.2, 0) is 11.3 Å². The first-order valence-electron chi connectivity index (χ1n) is 4.85. The van der Waals surface area contributed by atoms with E-state index in [0.717, 1.165) is 5.56 Å². The van der Waals surface area contributed by atoms with Gasteiger partial charge in [-0.2, -0.15) is 11.3 Å². The first-order chi connectivity index (χ1) is 7.84. The van der Waals surface area contributed by atoms with Crippen molar-refractivity contribution < 1.29 is 9.21 Å². The Morgan fingerprint density at radius 1 is 1.50 bits per heavy atom. The minimum Gasteiger partial charge on any atom is -0.465 e. The van der Waals surface area contributed by atoms with Crippen molar-refractivity contribution in [3.05, 3.63) is 52.6 Å². The molecule has 16 heavy (non-hydrogen) atoms. The van der Waals surface area contributed by atoms with Crippen molar-refractivity contribution in [1.82, 2.24) is 5.32 Å². The van der Waals surface area contributed by atoms with Crippen LogP contribution < -0.4 is 5.32 Å². The smallest absolute Gasteiger partial charge is 0.244 e. The van der Waals surface area contributed by atoms with Gasteiger partial charge in [0.2, 0.25) is 5.91 Å². The predicted molar refractivity (Wildman–Crippen MR) is 63.9 cm³/mol. The van der Waals surface area contributed by atoms with Crippen LogP contribution in [0.15, 0.2) is 45.7 Å². The standard InChI is InChI=1S/C12H11NO2S/c14-12(4-3-11-2-1-6-15-11)13-8-10-5-7-16-9-10/h1-7,9H,8H2,(H,13,14)/b4-3+. The van der Waals surface area contributed by atoms with Gasteiger partial charge in [-0.15, -0.1) is 0 Å². The van der Waals surface area contributed by atoms with E-state index in [-0.39, 0.29) is 5.91 Å². The molecule has 0 aliphatic rings. The fourth-order valence-electron chi connectivity index (χ4n) is 1.19. The number of hydrogen-bond donors (Lipinski definition) is 1. The predicted octanol–water partition coefficient (Wildman–Crippen LogP) is 2.67. The number of furan rings is 1. The molecule has 0 radical (unpaired) electrons. The third-order valence-corrected chi connectivity index (χ3v) is 2.72. The molecule has 0 saturated carbocycles. The maximum Gasteiger partial charge on any atom is 0.244 e. The van der Waals surface area contributed by atoms with E-state index in [1.807, 2.05) is 16.8 Å². The molecule has 2 rings (SSSR count). The van der Waals surface area contributed by atoms with Crippen molar-refractivity contribution in [2.24, 2.45) is 0 Å². The molecule has 0 spiro atoms. The summed E-state index contributed by atoms with van der Waals surface area (Å²) in [5.74, 6) is 0.549. The lowest BCUT2D eigenvalue weighted by Crippen LogP contribution is -2.19. The number of carbonyl (C=O) groups is 1. The van der Waals surface area contributed by atoms with Gasteiger partial charge in [-0.3, -0.25) is 4.79 Å². The lowest BCUT2D eigenvalue weighted by Gasteiger charge is -1.98. The van der Waals surface area contributed by atoms with Gasteiger partial charge in [0.15, 0.2) is 0 Å². The highest BCUT2D eigenvalue weighted by molar-refractivity contribution is 7.07. The van der Waals surface area contributed by atoms with Gasteiger partial charge in [0.25, 0.3) is 0 Å². The number of amides is 1. The van der Waals surface area contributed by atoms with Crippen molar-refractivity contribution in [2.45, 2.75) is 6.54 Å². The Morgan fingerprint density at radius 3 is 3.12 bits per heavy atom. The number of rotatable bonds is 4. The molecular formula is C12H11NO2S. The zero-order valence-electron chi connectivity index (χ0n) is 8.55. The third-order valence-electron chi connectivity index (χ3n) is 1.99. The van der Waals surface area contributed by atoms with Gasteiger partial charge >= 0.3 is 0 Å². The van der Waals surface area contributed by atoms with Gasteiger partial charge in [0.1, 0.15) is 5.76 Å². The summed E-state index contributed by atoms with van der Waals surface area (Å²) in [7, 11) is 0. The Kier molecular flexibility index (Phi) is 3.56. The molecule has 3 nitrogen and oxygen atoms in total. The Morgan fingerprint density at radius 2 is 2.44 bits per heavy atom. The quantitative estimate of drug-likeness (QED) is 0.825. The molecule has 0 aliphatic carbocycles. The van der Waals surface area contributed by atoms with Crippen LogP contribution in [0.5, 0.6) is 0 Å². The third kappa shape index (κ3) is 3.10. The Hall–Kier alpha value is -1.81. The molecule has 1 N–H and O–H groups in total. The zero-order chi connectivity index (χ0) is 11.2. The van der Waals surface area contributed by atoms with E-state index < -0.39 is 0 Å². The van der Waals surface area contributed by atoms with Crippen LogP contribution >= 0.6 is 11.3 Å². The molecule has 2 aromatic rings. The van der Waals surface area contributed by atoms with Gasteiger partial charge < -0.3 is 9.73 Å². The average Bonchev–Trinajstić information content (AvgIpc) is 2.96. The minimum absolute atomic E-state index is 0.123. The molecule has 0 aromatic carbocycles. The van der Waals surface area contributed by atoms with E-state index in [0.29, 0.717) is 12.3 Å². The molecule has 0 atom stereocenters. The van der Waals surface area contributed by atoms with Crippen molar-refractivity contribution in [1.29, 1.82) is 0 Å². The molecule has 2 aromatic heterocycles. The summed E-state index contributed by atoms with van der Waals surface area (Å²) in [6.07, 6.45) is 4.68. The van der Waals surface area contributed by atoms with E-state index in [2.05, 4.69) is 5.32 Å². The maximum atomic E-state index is 11.4. The number of carbonyl (C=O) groups excluding carboxylic acids is 1. The SMILES string of the molecule is O=C(/C=C/c1ccco1)NCc1ccsc1. The zero-order valence-corrected chi connectivity index (χ0v) is 9.37. The van der Waals surface area contributed by atoms with E-state index in [4.69, 9.17) is 4.42 Å². The monoisotopic (exact) mass is 233 g/mol. The van der Waals surface area contributed by atoms with E-state index >= 15 is 0 Å². The van der Waals surface area contributed by atoms with Crippen LogP contribution in [0.4, 0.5) is 0 Å². The second kappa shape index (κ2) is 5.32.